The number of hydroxylamine groups is 1. The minimum absolute atomic E-state index is 0.254. The molecule has 1 aromatic heterocycles. The van der Waals surface area contributed by atoms with Crippen molar-refractivity contribution in [1.82, 2.24) is 26.0 Å². The maximum atomic E-state index is 13.0. The second-order valence-electron chi connectivity index (χ2n) is 9.85. The largest absolute Gasteiger partial charge is 0.489 e. The first kappa shape index (κ1) is 25.1. The zero-order valence-electron chi connectivity index (χ0n) is 20.9. The van der Waals surface area contributed by atoms with E-state index < -0.39 is 11.8 Å². The zero-order chi connectivity index (χ0) is 25.8. The molecule has 0 spiro atoms. The Morgan fingerprint density at radius 3 is 2.62 bits per heavy atom. The second-order valence-corrected chi connectivity index (χ2v) is 9.85. The van der Waals surface area contributed by atoms with Crippen molar-refractivity contribution in [3.8, 4) is 5.75 Å². The van der Waals surface area contributed by atoms with Gasteiger partial charge in [0.1, 0.15) is 12.4 Å². The quantitative estimate of drug-likeness (QED) is 0.289. The first-order valence-corrected chi connectivity index (χ1v) is 12.8. The molecule has 3 aromatic rings. The number of hydrogen-bond acceptors (Lipinski definition) is 7. The van der Waals surface area contributed by atoms with Crippen LogP contribution < -0.4 is 20.9 Å². The first-order valence-electron chi connectivity index (χ1n) is 12.8. The molecule has 4 N–H and O–H groups in total. The average Bonchev–Trinajstić information content (AvgIpc) is 3.35. The number of amides is 2. The predicted octanol–water partition coefficient (Wildman–Crippen LogP) is 2.41. The van der Waals surface area contributed by atoms with Crippen LogP contribution in [0.3, 0.4) is 0 Å². The van der Waals surface area contributed by atoms with Crippen LogP contribution in [0.15, 0.2) is 54.6 Å². The molecule has 2 fully saturated rings. The van der Waals surface area contributed by atoms with Crippen molar-refractivity contribution in [2.24, 2.45) is 5.92 Å². The first-order chi connectivity index (χ1) is 18.0. The number of likely N-dealkylation sites (tertiary alicyclic amines) is 1. The number of rotatable bonds is 7. The third-order valence-electron chi connectivity index (χ3n) is 7.38. The minimum Gasteiger partial charge on any atom is -0.489 e. The highest BCUT2D eigenvalue weighted by Crippen LogP contribution is 2.25. The number of carbonyl (C=O) groups is 2. The molecule has 2 aliphatic rings. The Kier molecular flexibility index (Phi) is 7.64. The van der Waals surface area contributed by atoms with Gasteiger partial charge in [0.05, 0.1) is 17.5 Å². The van der Waals surface area contributed by atoms with Gasteiger partial charge >= 0.3 is 0 Å². The van der Waals surface area contributed by atoms with Gasteiger partial charge in [0, 0.05) is 41.3 Å². The fourth-order valence-electron chi connectivity index (χ4n) is 5.43. The highest BCUT2D eigenvalue weighted by Gasteiger charge is 2.41. The summed E-state index contributed by atoms with van der Waals surface area (Å²) < 4.78 is 6.02. The van der Waals surface area contributed by atoms with Gasteiger partial charge in [-0.25, -0.2) is 5.48 Å². The summed E-state index contributed by atoms with van der Waals surface area (Å²) in [6, 6.07) is 17.0. The highest BCUT2D eigenvalue weighted by molar-refractivity contribution is 5.95. The van der Waals surface area contributed by atoms with Crippen LogP contribution in [0.1, 0.15) is 34.5 Å². The van der Waals surface area contributed by atoms with Crippen molar-refractivity contribution < 1.29 is 19.5 Å². The van der Waals surface area contributed by atoms with Crippen LogP contribution >= 0.6 is 0 Å². The van der Waals surface area contributed by atoms with Crippen LogP contribution in [0.25, 0.3) is 10.9 Å². The summed E-state index contributed by atoms with van der Waals surface area (Å²) in [5, 5.41) is 16.7. The van der Waals surface area contributed by atoms with Gasteiger partial charge in [-0.05, 0) is 69.3 Å². The van der Waals surface area contributed by atoms with E-state index in [1.165, 1.54) is 0 Å². The number of aryl methyl sites for hydroxylation is 1. The molecule has 3 heterocycles. The molecule has 37 heavy (non-hydrogen) atoms. The smallest absolute Gasteiger partial charge is 0.251 e. The molecule has 0 aliphatic carbocycles. The van der Waals surface area contributed by atoms with Gasteiger partial charge < -0.3 is 15.4 Å². The standard InChI is InChI=1S/C28H33N5O4/c1-18-14-20(23-4-2-3-5-25(23)30-18)17-37-22-8-6-19(7-9-22)27(34)31-26-16-33(15-24(26)28(35)32-36)21-10-12-29-13-11-21/h2-9,14,21,24,26,29,36H,10-13,15-17H2,1H3,(H,31,34)(H,32,35)/t24-,26+/m0/s1. The number of hydrogen-bond donors (Lipinski definition) is 4. The molecule has 5 rings (SSSR count). The number of nitrogens with zero attached hydrogens (tertiary/aromatic N) is 2. The Labute approximate surface area is 216 Å². The lowest BCUT2D eigenvalue weighted by Crippen LogP contribution is -2.46. The predicted molar refractivity (Wildman–Crippen MR) is 139 cm³/mol. The van der Waals surface area contributed by atoms with E-state index in [0.717, 1.165) is 48.1 Å². The molecule has 2 aromatic carbocycles. The van der Waals surface area contributed by atoms with Crippen LogP contribution in [0, 0.1) is 12.8 Å². The van der Waals surface area contributed by atoms with Crippen molar-refractivity contribution in [3.63, 3.8) is 0 Å². The monoisotopic (exact) mass is 503 g/mol. The van der Waals surface area contributed by atoms with Crippen molar-refractivity contribution >= 4 is 22.7 Å². The van der Waals surface area contributed by atoms with Crippen LogP contribution in [0.5, 0.6) is 5.75 Å². The van der Waals surface area contributed by atoms with E-state index in [9.17, 15) is 14.8 Å². The van der Waals surface area contributed by atoms with E-state index >= 15 is 0 Å². The summed E-state index contributed by atoms with van der Waals surface area (Å²) in [4.78, 5) is 32.2. The lowest BCUT2D eigenvalue weighted by molar-refractivity contribution is -0.133. The van der Waals surface area contributed by atoms with Gasteiger partial charge in [0.15, 0.2) is 0 Å². The number of carbonyl (C=O) groups excluding carboxylic acids is 2. The van der Waals surface area contributed by atoms with E-state index in [2.05, 4.69) is 20.5 Å². The Morgan fingerprint density at radius 1 is 1.11 bits per heavy atom. The maximum Gasteiger partial charge on any atom is 0.251 e. The zero-order valence-corrected chi connectivity index (χ0v) is 20.9. The molecule has 2 saturated heterocycles. The van der Waals surface area contributed by atoms with Gasteiger partial charge in [-0.1, -0.05) is 18.2 Å². The van der Waals surface area contributed by atoms with E-state index in [1.807, 2.05) is 37.3 Å². The van der Waals surface area contributed by atoms with Crippen LogP contribution in [-0.4, -0.2) is 65.2 Å². The van der Waals surface area contributed by atoms with E-state index in [-0.39, 0.29) is 11.9 Å². The molecule has 0 saturated carbocycles. The number of piperidine rings is 1. The summed E-state index contributed by atoms with van der Waals surface area (Å²) >= 11 is 0. The summed E-state index contributed by atoms with van der Waals surface area (Å²) in [6.45, 7) is 5.34. The fraction of sp³-hybridized carbons (Fsp3) is 0.393. The second kappa shape index (κ2) is 11.2. The van der Waals surface area contributed by atoms with E-state index in [4.69, 9.17) is 4.74 Å². The van der Waals surface area contributed by atoms with Crippen LogP contribution in [0.4, 0.5) is 0 Å². The van der Waals surface area contributed by atoms with E-state index in [1.54, 1.807) is 29.7 Å². The number of nitrogens with one attached hydrogen (secondary N) is 3. The van der Waals surface area contributed by atoms with Gasteiger partial charge in [0.2, 0.25) is 5.91 Å². The van der Waals surface area contributed by atoms with Crippen molar-refractivity contribution in [3.05, 3.63) is 71.4 Å². The SMILES string of the molecule is Cc1cc(COc2ccc(C(=O)N[C@@H]3CN(C4CCNCC4)C[C@@H]3C(=O)NO)cc2)c2ccccc2n1. The van der Waals surface area contributed by atoms with Gasteiger partial charge in [0.25, 0.3) is 5.91 Å². The maximum absolute atomic E-state index is 13.0. The number of aromatic nitrogens is 1. The normalized spacial score (nSPS) is 20.6. The average molecular weight is 504 g/mol. The van der Waals surface area contributed by atoms with Crippen LogP contribution in [0.2, 0.25) is 0 Å². The number of benzene rings is 2. The Morgan fingerprint density at radius 2 is 1.86 bits per heavy atom. The molecule has 0 unspecified atom stereocenters. The van der Waals surface area contributed by atoms with Crippen molar-refractivity contribution in [2.75, 3.05) is 26.2 Å². The van der Waals surface area contributed by atoms with Gasteiger partial charge in [-0.15, -0.1) is 0 Å². The number of ether oxygens (including phenoxy) is 1. The summed E-state index contributed by atoms with van der Waals surface area (Å²) in [5.41, 5.74) is 5.18. The molecule has 194 valence electrons. The molecular weight excluding hydrogens is 470 g/mol. The van der Waals surface area contributed by atoms with Crippen LogP contribution in [-0.2, 0) is 11.4 Å². The minimum atomic E-state index is -0.509. The molecular formula is C28H33N5O4. The van der Waals surface area contributed by atoms with Crippen molar-refractivity contribution in [1.29, 1.82) is 0 Å². The molecule has 0 radical (unpaired) electrons. The molecule has 9 nitrogen and oxygen atoms in total. The molecule has 2 aliphatic heterocycles. The summed E-state index contributed by atoms with van der Waals surface area (Å²) in [7, 11) is 0. The Hall–Kier alpha value is -3.53. The Balaban J connectivity index is 1.22. The summed E-state index contributed by atoms with van der Waals surface area (Å²) in [6.07, 6.45) is 2.01. The summed E-state index contributed by atoms with van der Waals surface area (Å²) in [5.74, 6) is -0.574. The molecule has 2 amide bonds. The number of pyridine rings is 1. The molecule has 9 heteroatoms. The van der Waals surface area contributed by atoms with E-state index in [0.29, 0.717) is 37.1 Å². The third kappa shape index (κ3) is 5.74. The molecule has 2 atom stereocenters. The number of fused-ring (bicyclic) bond motifs is 1. The third-order valence-corrected chi connectivity index (χ3v) is 7.38. The molecule has 0 bridgehead atoms. The number of para-hydroxylation sites is 1. The highest BCUT2D eigenvalue weighted by atomic mass is 16.5. The lowest BCUT2D eigenvalue weighted by Gasteiger charge is -2.31. The van der Waals surface area contributed by atoms with Gasteiger partial charge in [-0.3, -0.25) is 24.7 Å². The topological polar surface area (TPSA) is 116 Å². The van der Waals surface area contributed by atoms with Gasteiger partial charge in [-0.2, -0.15) is 0 Å². The Bertz CT molecular complexity index is 1260. The fourth-order valence-corrected chi connectivity index (χ4v) is 5.43. The van der Waals surface area contributed by atoms with Crippen molar-refractivity contribution in [2.45, 2.75) is 38.5 Å². The lowest BCUT2D eigenvalue weighted by atomic mass is 10.0.